The molecule has 0 atom stereocenters. The minimum absolute atomic E-state index is 0.0877. The summed E-state index contributed by atoms with van der Waals surface area (Å²) in [6.07, 6.45) is -0.0877. The Morgan fingerprint density at radius 2 is 1.46 bits per heavy atom. The Bertz CT molecular complexity index is 875. The number of nitrogens with one attached hydrogen (secondary N) is 1. The van der Waals surface area contributed by atoms with Crippen LogP contribution in [0.4, 0.5) is 5.69 Å². The van der Waals surface area contributed by atoms with Crippen LogP contribution < -0.4 is 24.3 Å². The second kappa shape index (κ2) is 9.12. The molecule has 2 aromatic carbocycles. The lowest BCUT2D eigenvalue weighted by molar-refractivity contribution is -0.114. The monoisotopic (exact) mass is 387 g/mol. The van der Waals surface area contributed by atoms with Crippen molar-refractivity contribution in [1.29, 1.82) is 0 Å². The number of hydrogen-bond donors (Lipinski definition) is 1. The summed E-state index contributed by atoms with van der Waals surface area (Å²) in [5, 5.41) is 2.67. The van der Waals surface area contributed by atoms with Gasteiger partial charge in [0.2, 0.25) is 5.91 Å². The third kappa shape index (κ3) is 4.73. The number of ether oxygens (including phenoxy) is 4. The summed E-state index contributed by atoms with van der Waals surface area (Å²) in [7, 11) is 4.50. The highest BCUT2D eigenvalue weighted by molar-refractivity contribution is 6.14. The van der Waals surface area contributed by atoms with Crippen LogP contribution in [0.2, 0.25) is 0 Å². The van der Waals surface area contributed by atoms with Crippen molar-refractivity contribution in [2.75, 3.05) is 26.6 Å². The molecule has 0 aliphatic rings. The molecule has 0 fully saturated rings. The van der Waals surface area contributed by atoms with Crippen LogP contribution in [-0.4, -0.2) is 39.1 Å². The highest BCUT2D eigenvalue weighted by Gasteiger charge is 2.21. The van der Waals surface area contributed by atoms with Gasteiger partial charge in [0.1, 0.15) is 0 Å². The van der Waals surface area contributed by atoms with E-state index in [-0.39, 0.29) is 23.4 Å². The molecule has 2 rings (SSSR count). The second-order valence-corrected chi connectivity index (χ2v) is 6.30. The summed E-state index contributed by atoms with van der Waals surface area (Å²) in [6, 6.07) is 8.03. The second-order valence-electron chi connectivity index (χ2n) is 6.30. The standard InChI is InChI=1S/C21H25NO6/c1-12(2)28-20-9-14(7-8-17(20)25-4)21(24)15-10-18(26-5)19(27-6)11-16(15)22-13(3)23/h7-12H,1-6H3,(H,22,23). The minimum Gasteiger partial charge on any atom is -0.493 e. The highest BCUT2D eigenvalue weighted by Crippen LogP contribution is 2.36. The van der Waals surface area contributed by atoms with Crippen LogP contribution >= 0.6 is 0 Å². The Morgan fingerprint density at radius 3 is 2.00 bits per heavy atom. The van der Waals surface area contributed by atoms with E-state index in [2.05, 4.69) is 5.32 Å². The zero-order valence-corrected chi connectivity index (χ0v) is 16.9. The maximum atomic E-state index is 13.2. The van der Waals surface area contributed by atoms with Crippen LogP contribution in [0.5, 0.6) is 23.0 Å². The van der Waals surface area contributed by atoms with Gasteiger partial charge in [0, 0.05) is 18.6 Å². The van der Waals surface area contributed by atoms with Gasteiger partial charge in [-0.1, -0.05) is 0 Å². The maximum absolute atomic E-state index is 13.2. The number of rotatable bonds is 8. The van der Waals surface area contributed by atoms with Gasteiger partial charge in [-0.2, -0.15) is 0 Å². The number of carbonyl (C=O) groups excluding carboxylic acids is 2. The Balaban J connectivity index is 2.57. The SMILES string of the molecule is COc1cc(NC(C)=O)c(C(=O)c2ccc(OC)c(OC(C)C)c2)cc1OC. The van der Waals surface area contributed by atoms with Crippen LogP contribution in [0.3, 0.4) is 0 Å². The zero-order valence-electron chi connectivity index (χ0n) is 16.9. The first-order chi connectivity index (χ1) is 13.3. The van der Waals surface area contributed by atoms with E-state index in [1.54, 1.807) is 30.3 Å². The van der Waals surface area contributed by atoms with Crippen LogP contribution in [0.1, 0.15) is 36.7 Å². The van der Waals surface area contributed by atoms with Crippen molar-refractivity contribution < 1.29 is 28.5 Å². The van der Waals surface area contributed by atoms with E-state index in [9.17, 15) is 9.59 Å². The van der Waals surface area contributed by atoms with Crippen molar-refractivity contribution in [3.05, 3.63) is 41.5 Å². The molecule has 28 heavy (non-hydrogen) atoms. The van der Waals surface area contributed by atoms with E-state index in [1.807, 2.05) is 13.8 Å². The lowest BCUT2D eigenvalue weighted by atomic mass is 10.00. The number of methoxy groups -OCH3 is 3. The fourth-order valence-electron chi connectivity index (χ4n) is 2.68. The molecule has 0 spiro atoms. The molecule has 2 aromatic rings. The number of amides is 1. The van der Waals surface area contributed by atoms with Gasteiger partial charge >= 0.3 is 0 Å². The first kappa shape index (κ1) is 21.1. The Morgan fingerprint density at radius 1 is 0.857 bits per heavy atom. The predicted octanol–water partition coefficient (Wildman–Crippen LogP) is 3.69. The summed E-state index contributed by atoms with van der Waals surface area (Å²) in [5.41, 5.74) is 0.987. The Hall–Kier alpha value is -3.22. The van der Waals surface area contributed by atoms with Crippen LogP contribution in [0.25, 0.3) is 0 Å². The van der Waals surface area contributed by atoms with E-state index in [0.717, 1.165) is 0 Å². The smallest absolute Gasteiger partial charge is 0.221 e. The van der Waals surface area contributed by atoms with E-state index in [4.69, 9.17) is 18.9 Å². The van der Waals surface area contributed by atoms with Gasteiger partial charge in [-0.3, -0.25) is 9.59 Å². The van der Waals surface area contributed by atoms with Crippen LogP contribution in [0.15, 0.2) is 30.3 Å². The van der Waals surface area contributed by atoms with Crippen LogP contribution in [-0.2, 0) is 4.79 Å². The molecule has 0 unspecified atom stereocenters. The molecule has 0 saturated carbocycles. The van der Waals surface area contributed by atoms with Crippen molar-refractivity contribution in [2.45, 2.75) is 26.9 Å². The molecule has 1 amide bonds. The lowest BCUT2D eigenvalue weighted by Gasteiger charge is -2.16. The van der Waals surface area contributed by atoms with Crippen molar-refractivity contribution in [3.8, 4) is 23.0 Å². The highest BCUT2D eigenvalue weighted by atomic mass is 16.5. The largest absolute Gasteiger partial charge is 0.493 e. The Kier molecular flexibility index (Phi) is 6.87. The van der Waals surface area contributed by atoms with E-state index in [0.29, 0.717) is 34.2 Å². The van der Waals surface area contributed by atoms with Crippen molar-refractivity contribution >= 4 is 17.4 Å². The third-order valence-electron chi connectivity index (χ3n) is 3.87. The van der Waals surface area contributed by atoms with Gasteiger partial charge in [-0.15, -0.1) is 0 Å². The number of hydrogen-bond acceptors (Lipinski definition) is 6. The number of benzene rings is 2. The molecule has 0 saturated heterocycles. The summed E-state index contributed by atoms with van der Waals surface area (Å²) < 4.78 is 21.6. The van der Waals surface area contributed by atoms with Crippen molar-refractivity contribution in [1.82, 2.24) is 0 Å². The van der Waals surface area contributed by atoms with E-state index >= 15 is 0 Å². The molecule has 0 heterocycles. The molecular weight excluding hydrogens is 362 g/mol. The normalized spacial score (nSPS) is 10.4. The average molecular weight is 387 g/mol. The lowest BCUT2D eigenvalue weighted by Crippen LogP contribution is -2.13. The number of carbonyl (C=O) groups is 2. The molecular formula is C21H25NO6. The molecule has 1 N–H and O–H groups in total. The van der Waals surface area contributed by atoms with Gasteiger partial charge in [-0.25, -0.2) is 0 Å². The van der Waals surface area contributed by atoms with Gasteiger partial charge < -0.3 is 24.3 Å². The first-order valence-corrected chi connectivity index (χ1v) is 8.73. The average Bonchev–Trinajstić information content (AvgIpc) is 2.66. The molecule has 0 aliphatic carbocycles. The van der Waals surface area contributed by atoms with Gasteiger partial charge in [-0.05, 0) is 38.1 Å². The Labute approximate surface area is 164 Å². The van der Waals surface area contributed by atoms with Crippen molar-refractivity contribution in [2.24, 2.45) is 0 Å². The third-order valence-corrected chi connectivity index (χ3v) is 3.87. The topological polar surface area (TPSA) is 83.1 Å². The van der Waals surface area contributed by atoms with E-state index < -0.39 is 0 Å². The van der Waals surface area contributed by atoms with Crippen molar-refractivity contribution in [3.63, 3.8) is 0 Å². The summed E-state index contributed by atoms with van der Waals surface area (Å²) in [4.78, 5) is 24.8. The number of ketones is 1. The molecule has 0 aromatic heterocycles. The molecule has 0 bridgehead atoms. The molecule has 0 radical (unpaired) electrons. The summed E-state index contributed by atoms with van der Waals surface area (Å²) in [5.74, 6) is 1.17. The quantitative estimate of drug-likeness (QED) is 0.696. The van der Waals surface area contributed by atoms with E-state index in [1.165, 1.54) is 28.3 Å². The zero-order chi connectivity index (χ0) is 20.8. The predicted molar refractivity (Wildman–Crippen MR) is 106 cm³/mol. The van der Waals surface area contributed by atoms with Gasteiger partial charge in [0.25, 0.3) is 0 Å². The maximum Gasteiger partial charge on any atom is 0.221 e. The van der Waals surface area contributed by atoms with Gasteiger partial charge in [0.05, 0.1) is 38.7 Å². The fraction of sp³-hybridized carbons (Fsp3) is 0.333. The fourth-order valence-corrected chi connectivity index (χ4v) is 2.68. The molecule has 0 aliphatic heterocycles. The number of anilines is 1. The van der Waals surface area contributed by atoms with Crippen LogP contribution in [0, 0.1) is 0 Å². The minimum atomic E-state index is -0.306. The molecule has 7 heteroatoms. The summed E-state index contributed by atoms with van der Waals surface area (Å²) >= 11 is 0. The molecule has 150 valence electrons. The summed E-state index contributed by atoms with van der Waals surface area (Å²) in [6.45, 7) is 5.14. The molecule has 7 nitrogen and oxygen atoms in total. The van der Waals surface area contributed by atoms with Gasteiger partial charge in [0.15, 0.2) is 28.8 Å². The first-order valence-electron chi connectivity index (χ1n) is 8.73.